The molecule has 0 atom stereocenters. The summed E-state index contributed by atoms with van der Waals surface area (Å²) in [6.45, 7) is 0.698. The first-order valence-electron chi connectivity index (χ1n) is 6.55. The molecule has 0 bridgehead atoms. The van der Waals surface area contributed by atoms with Crippen molar-refractivity contribution in [2.45, 2.75) is 17.9 Å². The van der Waals surface area contributed by atoms with E-state index < -0.39 is 10.0 Å². The van der Waals surface area contributed by atoms with Gasteiger partial charge in [-0.25, -0.2) is 13.1 Å². The highest BCUT2D eigenvalue weighted by Gasteiger charge is 2.14. The topological polar surface area (TPSA) is 72.2 Å². The molecule has 0 aliphatic heterocycles. The summed E-state index contributed by atoms with van der Waals surface area (Å²) in [5.74, 6) is 0. The molecular weight excluding hydrogens is 308 g/mol. The number of hydrogen-bond acceptors (Lipinski definition) is 3. The zero-order chi connectivity index (χ0) is 15.3. The second-order valence-electron chi connectivity index (χ2n) is 4.60. The van der Waals surface area contributed by atoms with Gasteiger partial charge in [-0.15, -0.1) is 0 Å². The maximum absolute atomic E-state index is 12.2. The lowest BCUT2D eigenvalue weighted by molar-refractivity contribution is 0.581. The minimum absolute atomic E-state index is 0.159. The van der Waals surface area contributed by atoms with Crippen molar-refractivity contribution in [3.05, 3.63) is 64.7 Å². The summed E-state index contributed by atoms with van der Waals surface area (Å²) in [4.78, 5) is 0.232. The van der Waals surface area contributed by atoms with E-state index in [-0.39, 0.29) is 11.4 Å². The van der Waals surface area contributed by atoms with Crippen molar-refractivity contribution < 1.29 is 8.42 Å². The summed E-state index contributed by atoms with van der Waals surface area (Å²) in [6.07, 6.45) is 0.730. The lowest BCUT2D eigenvalue weighted by Crippen LogP contribution is -2.23. The van der Waals surface area contributed by atoms with Gasteiger partial charge in [0, 0.05) is 11.6 Å². The van der Waals surface area contributed by atoms with Gasteiger partial charge in [0.1, 0.15) is 0 Å². The predicted molar refractivity (Wildman–Crippen MR) is 84.7 cm³/mol. The van der Waals surface area contributed by atoms with E-state index in [0.29, 0.717) is 11.6 Å². The quantitative estimate of drug-likeness (QED) is 0.856. The summed E-state index contributed by atoms with van der Waals surface area (Å²) >= 11 is 6.01. The first-order chi connectivity index (χ1) is 10.0. The van der Waals surface area contributed by atoms with Crippen LogP contribution in [0.3, 0.4) is 0 Å². The van der Waals surface area contributed by atoms with E-state index in [4.69, 9.17) is 17.3 Å². The molecule has 2 aromatic rings. The molecule has 0 fully saturated rings. The first kappa shape index (κ1) is 16.0. The Balaban J connectivity index is 2.09. The van der Waals surface area contributed by atoms with Crippen LogP contribution in [0.15, 0.2) is 53.4 Å². The molecule has 2 aromatic carbocycles. The number of halogens is 1. The highest BCUT2D eigenvalue weighted by molar-refractivity contribution is 7.89. The van der Waals surface area contributed by atoms with Crippen LogP contribution in [0.25, 0.3) is 0 Å². The number of benzene rings is 2. The molecule has 0 unspecified atom stereocenters. The van der Waals surface area contributed by atoms with Crippen molar-refractivity contribution in [3.63, 3.8) is 0 Å². The number of nitrogens with two attached hydrogens (primary N) is 1. The summed E-state index contributed by atoms with van der Waals surface area (Å²) in [5, 5.41) is 0.540. The van der Waals surface area contributed by atoms with Crippen LogP contribution < -0.4 is 10.5 Å². The molecule has 0 aliphatic rings. The van der Waals surface area contributed by atoms with Gasteiger partial charge in [-0.05, 0) is 42.3 Å². The van der Waals surface area contributed by atoms with Gasteiger partial charge in [0.2, 0.25) is 10.0 Å². The van der Waals surface area contributed by atoms with E-state index in [1.807, 2.05) is 6.07 Å². The minimum Gasteiger partial charge on any atom is -0.330 e. The molecule has 0 aliphatic carbocycles. The molecule has 4 nitrogen and oxygen atoms in total. The van der Waals surface area contributed by atoms with Crippen molar-refractivity contribution in [2.75, 3.05) is 6.54 Å². The average Bonchev–Trinajstić information content (AvgIpc) is 2.47. The highest BCUT2D eigenvalue weighted by Crippen LogP contribution is 2.16. The van der Waals surface area contributed by atoms with E-state index >= 15 is 0 Å². The Bertz CT molecular complexity index is 700. The first-order valence-corrected chi connectivity index (χ1v) is 8.41. The van der Waals surface area contributed by atoms with Gasteiger partial charge in [-0.2, -0.15) is 0 Å². The van der Waals surface area contributed by atoms with E-state index in [0.717, 1.165) is 17.5 Å². The van der Waals surface area contributed by atoms with Gasteiger partial charge < -0.3 is 5.73 Å². The fourth-order valence-corrected chi connectivity index (χ4v) is 3.11. The molecule has 2 rings (SSSR count). The zero-order valence-corrected chi connectivity index (χ0v) is 13.0. The van der Waals surface area contributed by atoms with Crippen LogP contribution in [0.2, 0.25) is 5.02 Å². The largest absolute Gasteiger partial charge is 0.330 e. The Morgan fingerprint density at radius 2 is 1.71 bits per heavy atom. The van der Waals surface area contributed by atoms with Crippen LogP contribution >= 0.6 is 11.6 Å². The standard InChI is InChI=1S/C15H17ClN2O2S/c16-15-4-2-1-3-13(15)11-18-21(19,20)14-7-5-12(6-8-14)9-10-17/h1-8,18H,9-11,17H2. The summed E-state index contributed by atoms with van der Waals surface area (Å²) < 4.78 is 27.0. The number of rotatable bonds is 6. The molecule has 0 heterocycles. The normalized spacial score (nSPS) is 11.5. The van der Waals surface area contributed by atoms with Crippen molar-refractivity contribution in [3.8, 4) is 0 Å². The Morgan fingerprint density at radius 3 is 2.33 bits per heavy atom. The fraction of sp³-hybridized carbons (Fsp3) is 0.200. The lowest BCUT2D eigenvalue weighted by atomic mass is 10.2. The Kier molecular flexibility index (Phi) is 5.36. The number of nitrogens with one attached hydrogen (secondary N) is 1. The van der Waals surface area contributed by atoms with Gasteiger partial charge in [0.15, 0.2) is 0 Å². The van der Waals surface area contributed by atoms with Gasteiger partial charge in [-0.3, -0.25) is 0 Å². The molecule has 0 spiro atoms. The maximum atomic E-state index is 12.2. The number of sulfonamides is 1. The molecular formula is C15H17ClN2O2S. The molecule has 0 radical (unpaired) electrons. The average molecular weight is 325 g/mol. The van der Waals surface area contributed by atoms with Gasteiger partial charge in [-0.1, -0.05) is 41.9 Å². The van der Waals surface area contributed by atoms with Crippen molar-refractivity contribution in [1.29, 1.82) is 0 Å². The molecule has 0 saturated heterocycles. The highest BCUT2D eigenvalue weighted by atomic mass is 35.5. The minimum atomic E-state index is -3.55. The Hall–Kier alpha value is -1.40. The van der Waals surface area contributed by atoms with Gasteiger partial charge in [0.05, 0.1) is 4.90 Å². The smallest absolute Gasteiger partial charge is 0.240 e. The van der Waals surface area contributed by atoms with Crippen molar-refractivity contribution in [1.82, 2.24) is 4.72 Å². The summed E-state index contributed by atoms with van der Waals surface area (Å²) in [7, 11) is -3.55. The van der Waals surface area contributed by atoms with Crippen LogP contribution in [0.4, 0.5) is 0 Å². The predicted octanol–water partition coefficient (Wildman–Crippen LogP) is 2.32. The second-order valence-corrected chi connectivity index (χ2v) is 6.77. The zero-order valence-electron chi connectivity index (χ0n) is 11.4. The Morgan fingerprint density at radius 1 is 1.05 bits per heavy atom. The maximum Gasteiger partial charge on any atom is 0.240 e. The van der Waals surface area contributed by atoms with Crippen LogP contribution in [-0.4, -0.2) is 15.0 Å². The van der Waals surface area contributed by atoms with E-state index in [2.05, 4.69) is 4.72 Å². The van der Waals surface area contributed by atoms with Crippen molar-refractivity contribution in [2.24, 2.45) is 5.73 Å². The summed E-state index contributed by atoms with van der Waals surface area (Å²) in [5.41, 5.74) is 7.22. The summed E-state index contributed by atoms with van der Waals surface area (Å²) in [6, 6.07) is 13.9. The van der Waals surface area contributed by atoms with E-state index in [9.17, 15) is 8.42 Å². The molecule has 0 aromatic heterocycles. The third kappa shape index (κ3) is 4.28. The lowest BCUT2D eigenvalue weighted by Gasteiger charge is -2.08. The molecule has 112 valence electrons. The van der Waals surface area contributed by atoms with E-state index in [1.165, 1.54) is 0 Å². The monoisotopic (exact) mass is 324 g/mol. The van der Waals surface area contributed by atoms with Crippen molar-refractivity contribution >= 4 is 21.6 Å². The van der Waals surface area contributed by atoms with Crippen LogP contribution in [-0.2, 0) is 23.0 Å². The second kappa shape index (κ2) is 7.04. The van der Waals surface area contributed by atoms with Gasteiger partial charge >= 0.3 is 0 Å². The third-order valence-corrected chi connectivity index (χ3v) is 4.86. The van der Waals surface area contributed by atoms with Crippen LogP contribution in [0.5, 0.6) is 0 Å². The van der Waals surface area contributed by atoms with Gasteiger partial charge in [0.25, 0.3) is 0 Å². The molecule has 0 saturated carbocycles. The van der Waals surface area contributed by atoms with E-state index in [1.54, 1.807) is 42.5 Å². The van der Waals surface area contributed by atoms with Crippen LogP contribution in [0.1, 0.15) is 11.1 Å². The molecule has 3 N–H and O–H groups in total. The molecule has 6 heteroatoms. The third-order valence-electron chi connectivity index (χ3n) is 3.08. The number of hydrogen-bond donors (Lipinski definition) is 2. The SMILES string of the molecule is NCCc1ccc(S(=O)(=O)NCc2ccccc2Cl)cc1. The molecule has 21 heavy (non-hydrogen) atoms. The fourth-order valence-electron chi connectivity index (χ4n) is 1.90. The Labute approximate surface area is 130 Å². The van der Waals surface area contributed by atoms with Crippen LogP contribution in [0, 0.1) is 0 Å². The molecule has 0 amide bonds.